The van der Waals surface area contributed by atoms with E-state index < -0.39 is 0 Å². The molecule has 0 saturated carbocycles. The smallest absolute Gasteiger partial charge is 0.318 e. The molecule has 2 rings (SSSR count). The van der Waals surface area contributed by atoms with Crippen molar-refractivity contribution in [2.45, 2.75) is 38.6 Å². The molecule has 1 unspecified atom stereocenters. The summed E-state index contributed by atoms with van der Waals surface area (Å²) in [6.07, 6.45) is 6.36. The van der Waals surface area contributed by atoms with Crippen LogP contribution in [-0.4, -0.2) is 42.8 Å². The number of halogens is 1. The third-order valence-corrected chi connectivity index (χ3v) is 3.86. The number of piperidine rings is 1. The molecular formula is C14H23ClN4O. The molecule has 1 atom stereocenters. The van der Waals surface area contributed by atoms with Crippen molar-refractivity contribution in [2.75, 3.05) is 31.6 Å². The Morgan fingerprint density at radius 3 is 3.10 bits per heavy atom. The van der Waals surface area contributed by atoms with Gasteiger partial charge in [0.2, 0.25) is 0 Å². The Morgan fingerprint density at radius 1 is 1.50 bits per heavy atom. The third-order valence-electron chi connectivity index (χ3n) is 3.59. The molecule has 1 aromatic rings. The van der Waals surface area contributed by atoms with Gasteiger partial charge in [0.25, 0.3) is 0 Å². The van der Waals surface area contributed by atoms with E-state index in [0.717, 1.165) is 31.9 Å². The fraction of sp³-hybridized carbons (Fsp3) is 0.714. The molecular weight excluding hydrogens is 276 g/mol. The highest BCUT2D eigenvalue weighted by atomic mass is 35.5. The molecule has 0 bridgehead atoms. The van der Waals surface area contributed by atoms with Gasteiger partial charge in [-0.1, -0.05) is 18.5 Å². The summed E-state index contributed by atoms with van der Waals surface area (Å²) in [5.41, 5.74) is 0. The third kappa shape index (κ3) is 3.73. The second-order valence-corrected chi connectivity index (χ2v) is 5.48. The number of anilines is 1. The van der Waals surface area contributed by atoms with Crippen LogP contribution in [0.1, 0.15) is 32.6 Å². The van der Waals surface area contributed by atoms with E-state index >= 15 is 0 Å². The molecule has 1 aliphatic rings. The van der Waals surface area contributed by atoms with Gasteiger partial charge in [0.05, 0.1) is 13.3 Å². The Balaban J connectivity index is 2.14. The quantitative estimate of drug-likeness (QED) is 0.818. The van der Waals surface area contributed by atoms with E-state index in [9.17, 15) is 0 Å². The highest BCUT2D eigenvalue weighted by molar-refractivity contribution is 6.32. The molecule has 1 aliphatic heterocycles. The second-order valence-electron chi connectivity index (χ2n) is 5.08. The van der Waals surface area contributed by atoms with Crippen molar-refractivity contribution >= 4 is 17.4 Å². The lowest BCUT2D eigenvalue weighted by atomic mass is 10.0. The van der Waals surface area contributed by atoms with Gasteiger partial charge in [-0.3, -0.25) is 0 Å². The summed E-state index contributed by atoms with van der Waals surface area (Å²) in [5.74, 6) is 0.793. The molecule has 6 heteroatoms. The van der Waals surface area contributed by atoms with E-state index in [4.69, 9.17) is 16.3 Å². The van der Waals surface area contributed by atoms with Crippen LogP contribution in [0.25, 0.3) is 0 Å². The molecule has 20 heavy (non-hydrogen) atoms. The summed E-state index contributed by atoms with van der Waals surface area (Å²) in [4.78, 5) is 10.8. The Morgan fingerprint density at radius 2 is 2.35 bits per heavy atom. The summed E-state index contributed by atoms with van der Waals surface area (Å²) in [6.45, 7) is 5.18. The first-order valence-electron chi connectivity index (χ1n) is 7.30. The monoisotopic (exact) mass is 298 g/mol. The van der Waals surface area contributed by atoms with Crippen LogP contribution in [0.15, 0.2) is 6.20 Å². The Bertz CT molecular complexity index is 430. The summed E-state index contributed by atoms with van der Waals surface area (Å²) < 4.78 is 5.11. The lowest BCUT2D eigenvalue weighted by Crippen LogP contribution is -2.46. The van der Waals surface area contributed by atoms with Gasteiger partial charge in [0.1, 0.15) is 5.02 Å². The van der Waals surface area contributed by atoms with Crippen LogP contribution in [-0.2, 0) is 0 Å². The minimum Gasteiger partial charge on any atom is -0.467 e. The largest absolute Gasteiger partial charge is 0.467 e. The van der Waals surface area contributed by atoms with Gasteiger partial charge in [0, 0.05) is 19.1 Å². The molecule has 0 spiro atoms. The second kappa shape index (κ2) is 7.64. The minimum absolute atomic E-state index is 0.371. The predicted octanol–water partition coefficient (Wildman–Crippen LogP) is 2.50. The lowest BCUT2D eigenvalue weighted by molar-refractivity contribution is 0.376. The molecule has 112 valence electrons. The number of nitrogens with zero attached hydrogens (tertiary/aromatic N) is 3. The zero-order chi connectivity index (χ0) is 14.4. The van der Waals surface area contributed by atoms with E-state index in [1.807, 2.05) is 0 Å². The minimum atomic E-state index is 0.371. The number of rotatable bonds is 6. The highest BCUT2D eigenvalue weighted by Gasteiger charge is 2.25. The topological polar surface area (TPSA) is 50.3 Å². The van der Waals surface area contributed by atoms with Crippen LogP contribution in [0.2, 0.25) is 5.02 Å². The van der Waals surface area contributed by atoms with Gasteiger partial charge in [-0.05, 0) is 32.2 Å². The van der Waals surface area contributed by atoms with Crippen LogP contribution < -0.4 is 15.0 Å². The number of methoxy groups -OCH3 is 1. The fourth-order valence-electron chi connectivity index (χ4n) is 2.58. The Labute approximate surface area is 125 Å². The molecule has 0 aromatic carbocycles. The van der Waals surface area contributed by atoms with Crippen molar-refractivity contribution in [3.8, 4) is 6.01 Å². The number of aromatic nitrogens is 2. The standard InChI is InChI=1S/C14H23ClN4O/c1-3-7-16-9-11-6-4-5-8-19(11)13-12(15)10-17-14(18-13)20-2/h10-11,16H,3-9H2,1-2H3. The Hall–Kier alpha value is -1.07. The van der Waals surface area contributed by atoms with E-state index in [-0.39, 0.29) is 0 Å². The van der Waals surface area contributed by atoms with E-state index in [1.54, 1.807) is 13.3 Å². The summed E-state index contributed by atoms with van der Waals surface area (Å²) in [5, 5.41) is 4.08. The summed E-state index contributed by atoms with van der Waals surface area (Å²) >= 11 is 6.27. The molecule has 1 N–H and O–H groups in total. The van der Waals surface area contributed by atoms with Crippen molar-refractivity contribution < 1.29 is 4.74 Å². The van der Waals surface area contributed by atoms with Gasteiger partial charge in [-0.25, -0.2) is 4.98 Å². The van der Waals surface area contributed by atoms with E-state index in [2.05, 4.69) is 27.1 Å². The van der Waals surface area contributed by atoms with Crippen molar-refractivity contribution in [3.63, 3.8) is 0 Å². The SMILES string of the molecule is CCCNCC1CCCCN1c1nc(OC)ncc1Cl. The summed E-state index contributed by atoms with van der Waals surface area (Å²) in [6, 6.07) is 0.808. The Kier molecular flexibility index (Phi) is 5.86. The number of nitrogens with one attached hydrogen (secondary N) is 1. The van der Waals surface area contributed by atoms with Gasteiger partial charge in [-0.2, -0.15) is 4.98 Å². The zero-order valence-corrected chi connectivity index (χ0v) is 13.0. The molecule has 0 radical (unpaired) electrons. The van der Waals surface area contributed by atoms with Gasteiger partial charge in [0.15, 0.2) is 5.82 Å². The van der Waals surface area contributed by atoms with Crippen molar-refractivity contribution in [1.29, 1.82) is 0 Å². The van der Waals surface area contributed by atoms with Crippen molar-refractivity contribution in [1.82, 2.24) is 15.3 Å². The van der Waals surface area contributed by atoms with Gasteiger partial charge in [-0.15, -0.1) is 0 Å². The van der Waals surface area contributed by atoms with Crippen molar-refractivity contribution in [2.24, 2.45) is 0 Å². The van der Waals surface area contributed by atoms with Crippen LogP contribution in [0.4, 0.5) is 5.82 Å². The van der Waals surface area contributed by atoms with E-state index in [1.165, 1.54) is 19.3 Å². The lowest BCUT2D eigenvalue weighted by Gasteiger charge is -2.37. The summed E-state index contributed by atoms with van der Waals surface area (Å²) in [7, 11) is 1.57. The molecule has 1 fully saturated rings. The average molecular weight is 299 g/mol. The maximum atomic E-state index is 6.27. The van der Waals surface area contributed by atoms with Gasteiger partial charge >= 0.3 is 6.01 Å². The number of hydrogen-bond acceptors (Lipinski definition) is 5. The van der Waals surface area contributed by atoms with E-state index in [0.29, 0.717) is 17.1 Å². The van der Waals surface area contributed by atoms with Crippen LogP contribution in [0, 0.1) is 0 Å². The maximum absolute atomic E-state index is 6.27. The first-order valence-corrected chi connectivity index (χ1v) is 7.68. The molecule has 1 saturated heterocycles. The molecule has 0 aliphatic carbocycles. The van der Waals surface area contributed by atoms with Crippen LogP contribution in [0.5, 0.6) is 6.01 Å². The number of hydrogen-bond donors (Lipinski definition) is 1. The highest BCUT2D eigenvalue weighted by Crippen LogP contribution is 2.29. The predicted molar refractivity (Wildman–Crippen MR) is 81.7 cm³/mol. The molecule has 0 amide bonds. The zero-order valence-electron chi connectivity index (χ0n) is 12.2. The first-order chi connectivity index (χ1) is 9.76. The first kappa shape index (κ1) is 15.3. The molecule has 2 heterocycles. The molecule has 5 nitrogen and oxygen atoms in total. The molecule has 1 aromatic heterocycles. The van der Waals surface area contributed by atoms with Crippen LogP contribution in [0.3, 0.4) is 0 Å². The van der Waals surface area contributed by atoms with Crippen molar-refractivity contribution in [3.05, 3.63) is 11.2 Å². The van der Waals surface area contributed by atoms with Crippen LogP contribution >= 0.6 is 11.6 Å². The maximum Gasteiger partial charge on any atom is 0.318 e. The normalized spacial score (nSPS) is 19.1. The number of ether oxygens (including phenoxy) is 1. The van der Waals surface area contributed by atoms with Gasteiger partial charge < -0.3 is 15.0 Å². The fourth-order valence-corrected chi connectivity index (χ4v) is 2.78. The average Bonchev–Trinajstić information content (AvgIpc) is 2.49.